The third-order valence-electron chi connectivity index (χ3n) is 3.50. The van der Waals surface area contributed by atoms with Gasteiger partial charge in [0.15, 0.2) is 0 Å². The number of aryl methyl sites for hydroxylation is 1. The Morgan fingerprint density at radius 1 is 1.30 bits per heavy atom. The molecule has 2 rings (SSSR count). The number of nitrogens with zero attached hydrogens (tertiary/aromatic N) is 1. The zero-order valence-corrected chi connectivity index (χ0v) is 14.2. The molecule has 0 atom stereocenters. The van der Waals surface area contributed by atoms with Crippen LogP contribution in [0.15, 0.2) is 28.4 Å². The highest BCUT2D eigenvalue weighted by Gasteiger charge is 2.09. The predicted molar refractivity (Wildman–Crippen MR) is 89.3 cm³/mol. The quantitative estimate of drug-likeness (QED) is 0.839. The van der Waals surface area contributed by atoms with Crippen molar-refractivity contribution in [2.75, 3.05) is 14.2 Å². The van der Waals surface area contributed by atoms with E-state index in [0.717, 1.165) is 22.6 Å². The monoisotopic (exact) mass is 336 g/mol. The van der Waals surface area contributed by atoms with E-state index in [1.54, 1.807) is 36.3 Å². The Labute approximate surface area is 138 Å². The highest BCUT2D eigenvalue weighted by molar-refractivity contribution is 7.07. The summed E-state index contributed by atoms with van der Waals surface area (Å²) in [6, 6.07) is 5.43. The minimum Gasteiger partial charge on any atom is -0.497 e. The van der Waals surface area contributed by atoms with Gasteiger partial charge in [-0.2, -0.15) is 0 Å². The van der Waals surface area contributed by atoms with E-state index < -0.39 is 0 Å². The fraction of sp³-hybridized carbons (Fsp3) is 0.375. The number of carbonyl (C=O) groups excluding carboxylic acids is 1. The van der Waals surface area contributed by atoms with Gasteiger partial charge in [-0.05, 0) is 25.1 Å². The summed E-state index contributed by atoms with van der Waals surface area (Å²) < 4.78 is 12.1. The fourth-order valence-corrected chi connectivity index (χ4v) is 2.95. The summed E-state index contributed by atoms with van der Waals surface area (Å²) in [4.78, 5) is 23.6. The summed E-state index contributed by atoms with van der Waals surface area (Å²) in [7, 11) is 3.17. The van der Waals surface area contributed by atoms with Crippen LogP contribution in [-0.2, 0) is 17.9 Å². The highest BCUT2D eigenvalue weighted by Crippen LogP contribution is 2.23. The van der Waals surface area contributed by atoms with E-state index in [-0.39, 0.29) is 17.2 Å². The highest BCUT2D eigenvalue weighted by atomic mass is 32.1. The molecule has 0 fully saturated rings. The van der Waals surface area contributed by atoms with Gasteiger partial charge in [0.1, 0.15) is 11.5 Å². The third kappa shape index (κ3) is 4.35. The molecule has 6 nitrogen and oxygen atoms in total. The maximum Gasteiger partial charge on any atom is 0.307 e. The number of aromatic nitrogens is 1. The van der Waals surface area contributed by atoms with Crippen LogP contribution in [0.5, 0.6) is 11.5 Å². The van der Waals surface area contributed by atoms with Gasteiger partial charge >= 0.3 is 4.87 Å². The summed E-state index contributed by atoms with van der Waals surface area (Å²) in [5.74, 6) is 1.28. The molecule has 7 heteroatoms. The molecule has 1 heterocycles. The lowest BCUT2D eigenvalue weighted by Gasteiger charge is -2.11. The number of thiazole rings is 1. The van der Waals surface area contributed by atoms with Gasteiger partial charge in [0.2, 0.25) is 5.91 Å². The van der Waals surface area contributed by atoms with Crippen LogP contribution in [0.25, 0.3) is 0 Å². The summed E-state index contributed by atoms with van der Waals surface area (Å²) in [6.07, 6.45) is 0.254. The van der Waals surface area contributed by atoms with Gasteiger partial charge in [0.05, 0.1) is 14.2 Å². The summed E-state index contributed by atoms with van der Waals surface area (Å²) in [5.41, 5.74) is 1.71. The second-order valence-corrected chi connectivity index (χ2v) is 5.82. The average molecular weight is 336 g/mol. The molecule has 0 aliphatic carbocycles. The van der Waals surface area contributed by atoms with Crippen LogP contribution in [0, 0.1) is 6.92 Å². The Morgan fingerprint density at radius 3 is 2.70 bits per heavy atom. The molecule has 124 valence electrons. The van der Waals surface area contributed by atoms with Gasteiger partial charge in [-0.3, -0.25) is 9.59 Å². The maximum atomic E-state index is 12.0. The summed E-state index contributed by atoms with van der Waals surface area (Å²) >= 11 is 1.15. The third-order valence-corrected chi connectivity index (χ3v) is 4.38. The number of ether oxygens (including phenoxy) is 2. The molecule has 0 bridgehead atoms. The maximum absolute atomic E-state index is 12.0. The number of hydrogen-bond donors (Lipinski definition) is 1. The number of benzene rings is 1. The summed E-state index contributed by atoms with van der Waals surface area (Å²) in [6.45, 7) is 2.59. The molecule has 0 saturated carbocycles. The van der Waals surface area contributed by atoms with Crippen LogP contribution in [0.2, 0.25) is 0 Å². The Morgan fingerprint density at radius 2 is 2.09 bits per heavy atom. The molecular formula is C16H20N2O4S. The second-order valence-electron chi connectivity index (χ2n) is 5.00. The van der Waals surface area contributed by atoms with E-state index in [0.29, 0.717) is 24.6 Å². The van der Waals surface area contributed by atoms with Crippen LogP contribution < -0.4 is 19.7 Å². The molecule has 0 radical (unpaired) electrons. The molecule has 1 aromatic carbocycles. The molecule has 0 spiro atoms. The topological polar surface area (TPSA) is 69.6 Å². The first kappa shape index (κ1) is 17.1. The molecule has 0 unspecified atom stereocenters. The molecule has 1 amide bonds. The molecule has 23 heavy (non-hydrogen) atoms. The number of nitrogens with one attached hydrogen (secondary N) is 1. The van der Waals surface area contributed by atoms with Crippen LogP contribution in [0.4, 0.5) is 0 Å². The standard InChI is InChI=1S/C16H20N2O4S/c1-11-10-23-16(20)18(11)7-6-15(19)17-9-12-8-13(21-2)4-5-14(12)22-3/h4-5,8,10H,6-7,9H2,1-3H3,(H,17,19). The molecule has 1 N–H and O–H groups in total. The molecular weight excluding hydrogens is 316 g/mol. The van der Waals surface area contributed by atoms with Crippen molar-refractivity contribution in [1.29, 1.82) is 0 Å². The van der Waals surface area contributed by atoms with Crippen LogP contribution in [-0.4, -0.2) is 24.7 Å². The molecule has 0 aliphatic rings. The van der Waals surface area contributed by atoms with Crippen molar-refractivity contribution in [3.8, 4) is 11.5 Å². The predicted octanol–water partition coefficient (Wildman–Crippen LogP) is 1.94. The molecule has 0 aliphatic heterocycles. The first-order valence-corrected chi connectivity index (χ1v) is 8.05. The zero-order valence-electron chi connectivity index (χ0n) is 13.4. The minimum absolute atomic E-state index is 0.0373. The minimum atomic E-state index is -0.118. The van der Waals surface area contributed by atoms with Crippen molar-refractivity contribution in [1.82, 2.24) is 9.88 Å². The first-order valence-electron chi connectivity index (χ1n) is 7.17. The normalized spacial score (nSPS) is 10.4. The Hall–Kier alpha value is -2.28. The summed E-state index contributed by atoms with van der Waals surface area (Å²) in [5, 5.41) is 4.63. The number of rotatable bonds is 7. The fourth-order valence-electron chi connectivity index (χ4n) is 2.19. The lowest BCUT2D eigenvalue weighted by atomic mass is 10.2. The second kappa shape index (κ2) is 7.82. The van der Waals surface area contributed by atoms with Gasteiger partial charge in [0, 0.05) is 36.1 Å². The molecule has 2 aromatic rings. The molecule has 1 aromatic heterocycles. The Kier molecular flexibility index (Phi) is 5.81. The molecule has 0 saturated heterocycles. The SMILES string of the molecule is COc1ccc(OC)c(CNC(=O)CCn2c(C)csc2=O)c1. The number of carbonyl (C=O) groups is 1. The van der Waals surface area contributed by atoms with Gasteiger partial charge in [-0.25, -0.2) is 0 Å². The van der Waals surface area contributed by atoms with Gasteiger partial charge in [-0.1, -0.05) is 11.3 Å². The van der Waals surface area contributed by atoms with Crippen molar-refractivity contribution in [2.24, 2.45) is 0 Å². The number of hydrogen-bond acceptors (Lipinski definition) is 5. The smallest absolute Gasteiger partial charge is 0.307 e. The zero-order chi connectivity index (χ0) is 16.8. The van der Waals surface area contributed by atoms with Gasteiger partial charge in [-0.15, -0.1) is 0 Å². The van der Waals surface area contributed by atoms with Gasteiger partial charge in [0.25, 0.3) is 0 Å². The van der Waals surface area contributed by atoms with Crippen molar-refractivity contribution in [3.63, 3.8) is 0 Å². The van der Waals surface area contributed by atoms with E-state index in [1.165, 1.54) is 0 Å². The number of methoxy groups -OCH3 is 2. The average Bonchev–Trinajstić information content (AvgIpc) is 2.89. The van der Waals surface area contributed by atoms with Crippen LogP contribution in [0.1, 0.15) is 17.7 Å². The van der Waals surface area contributed by atoms with E-state index >= 15 is 0 Å². The van der Waals surface area contributed by atoms with Crippen molar-refractivity contribution >= 4 is 17.2 Å². The largest absolute Gasteiger partial charge is 0.497 e. The van der Waals surface area contributed by atoms with E-state index in [4.69, 9.17) is 9.47 Å². The lowest BCUT2D eigenvalue weighted by Crippen LogP contribution is -2.26. The van der Waals surface area contributed by atoms with Crippen LogP contribution in [0.3, 0.4) is 0 Å². The first-order chi connectivity index (χ1) is 11.0. The Balaban J connectivity index is 1.93. The lowest BCUT2D eigenvalue weighted by molar-refractivity contribution is -0.121. The van der Waals surface area contributed by atoms with Crippen molar-refractivity contribution in [2.45, 2.75) is 26.4 Å². The van der Waals surface area contributed by atoms with Gasteiger partial charge < -0.3 is 19.4 Å². The van der Waals surface area contributed by atoms with E-state index in [2.05, 4.69) is 5.32 Å². The van der Waals surface area contributed by atoms with Crippen molar-refractivity contribution < 1.29 is 14.3 Å². The van der Waals surface area contributed by atoms with Crippen molar-refractivity contribution in [3.05, 3.63) is 44.5 Å². The van der Waals surface area contributed by atoms with E-state index in [1.807, 2.05) is 13.0 Å². The number of amides is 1. The Bertz CT molecular complexity index is 736. The van der Waals surface area contributed by atoms with E-state index in [9.17, 15) is 9.59 Å². The van der Waals surface area contributed by atoms with Crippen LogP contribution >= 0.6 is 11.3 Å².